The van der Waals surface area contributed by atoms with E-state index >= 15 is 0 Å². The van der Waals surface area contributed by atoms with Gasteiger partial charge in [-0.2, -0.15) is 10.4 Å². The summed E-state index contributed by atoms with van der Waals surface area (Å²) in [5.41, 5.74) is 0. The Bertz CT molecular complexity index is 367. The van der Waals surface area contributed by atoms with Crippen LogP contribution >= 0.6 is 0 Å². The van der Waals surface area contributed by atoms with Crippen LogP contribution in [0.3, 0.4) is 0 Å². The summed E-state index contributed by atoms with van der Waals surface area (Å²) in [5.74, 6) is -0.109. The third-order valence-corrected chi connectivity index (χ3v) is 2.26. The van der Waals surface area contributed by atoms with E-state index in [4.69, 9.17) is 5.26 Å². The highest BCUT2D eigenvalue weighted by Gasteiger charge is 2.21. The number of carbonyl (C=O) groups excluding carboxylic acids is 1. The summed E-state index contributed by atoms with van der Waals surface area (Å²) in [6, 6.07) is 2.03. The molecule has 1 N–H and O–H groups in total. The Morgan fingerprint density at radius 2 is 2.50 bits per heavy atom. The van der Waals surface area contributed by atoms with E-state index in [1.807, 2.05) is 13.0 Å². The van der Waals surface area contributed by atoms with Gasteiger partial charge in [0.2, 0.25) is 5.91 Å². The molecule has 0 aliphatic rings. The lowest BCUT2D eigenvalue weighted by atomic mass is 10.0. The molecule has 0 bridgehead atoms. The fraction of sp³-hybridized carbons (Fsp3) is 0.600. The fourth-order valence-electron chi connectivity index (χ4n) is 1.41. The van der Waals surface area contributed by atoms with Gasteiger partial charge in [0.15, 0.2) is 0 Å². The van der Waals surface area contributed by atoms with Gasteiger partial charge < -0.3 is 4.90 Å². The molecule has 0 radical (unpaired) electrons. The van der Waals surface area contributed by atoms with E-state index in [2.05, 4.69) is 15.2 Å². The predicted octanol–water partition coefficient (Wildman–Crippen LogP) is 0.703. The lowest BCUT2D eigenvalue weighted by Crippen LogP contribution is -2.32. The zero-order valence-corrected chi connectivity index (χ0v) is 9.47. The van der Waals surface area contributed by atoms with Gasteiger partial charge in [-0.15, -0.1) is 0 Å². The Morgan fingerprint density at radius 1 is 1.75 bits per heavy atom. The highest BCUT2D eigenvalue weighted by atomic mass is 16.2. The van der Waals surface area contributed by atoms with Crippen molar-refractivity contribution in [1.29, 1.82) is 5.26 Å². The maximum atomic E-state index is 11.8. The van der Waals surface area contributed by atoms with Gasteiger partial charge in [0.05, 0.1) is 12.6 Å². The minimum Gasteiger partial charge on any atom is -0.337 e. The number of nitrogens with zero attached hydrogens (tertiary/aromatic N) is 4. The Labute approximate surface area is 94.3 Å². The lowest BCUT2D eigenvalue weighted by molar-refractivity contribution is -0.133. The SMILES string of the molecule is CCCC(C#N)C(=O)N(C)Cc1ncn[nH]1. The molecule has 1 unspecified atom stereocenters. The van der Waals surface area contributed by atoms with Crippen LogP contribution in [0.1, 0.15) is 25.6 Å². The molecule has 0 aromatic carbocycles. The number of aromatic amines is 1. The van der Waals surface area contributed by atoms with Crippen molar-refractivity contribution in [3.05, 3.63) is 12.2 Å². The smallest absolute Gasteiger partial charge is 0.240 e. The van der Waals surface area contributed by atoms with Crippen molar-refractivity contribution < 1.29 is 4.79 Å². The second-order valence-corrected chi connectivity index (χ2v) is 3.60. The number of amides is 1. The lowest BCUT2D eigenvalue weighted by Gasteiger charge is -2.18. The second-order valence-electron chi connectivity index (χ2n) is 3.60. The number of rotatable bonds is 5. The maximum absolute atomic E-state index is 11.8. The van der Waals surface area contributed by atoms with Crippen molar-refractivity contribution in [2.75, 3.05) is 7.05 Å². The molecule has 6 nitrogen and oxygen atoms in total. The molecule has 16 heavy (non-hydrogen) atoms. The van der Waals surface area contributed by atoms with Crippen molar-refractivity contribution >= 4 is 5.91 Å². The van der Waals surface area contributed by atoms with Crippen LogP contribution in [0.15, 0.2) is 6.33 Å². The molecule has 86 valence electrons. The van der Waals surface area contributed by atoms with Crippen LogP contribution in [0.25, 0.3) is 0 Å². The molecule has 1 aromatic heterocycles. The number of hydrogen-bond acceptors (Lipinski definition) is 4. The van der Waals surface area contributed by atoms with E-state index in [1.54, 1.807) is 7.05 Å². The van der Waals surface area contributed by atoms with Crippen molar-refractivity contribution in [2.45, 2.75) is 26.3 Å². The maximum Gasteiger partial charge on any atom is 0.240 e. The summed E-state index contributed by atoms with van der Waals surface area (Å²) in [6.45, 7) is 2.30. The van der Waals surface area contributed by atoms with Gasteiger partial charge in [0.25, 0.3) is 0 Å². The molecule has 1 aromatic rings. The predicted molar refractivity (Wildman–Crippen MR) is 56.9 cm³/mol. The number of H-pyrrole nitrogens is 1. The van der Waals surface area contributed by atoms with Gasteiger partial charge in [0.1, 0.15) is 18.1 Å². The molecular formula is C10H15N5O. The Balaban J connectivity index is 2.56. The number of aromatic nitrogens is 3. The van der Waals surface area contributed by atoms with Crippen LogP contribution in [0.5, 0.6) is 0 Å². The topological polar surface area (TPSA) is 85.7 Å². The van der Waals surface area contributed by atoms with Gasteiger partial charge >= 0.3 is 0 Å². The summed E-state index contributed by atoms with van der Waals surface area (Å²) in [4.78, 5) is 17.2. The molecule has 0 aliphatic heterocycles. The molecule has 1 amide bonds. The summed E-state index contributed by atoms with van der Waals surface area (Å²) < 4.78 is 0. The summed E-state index contributed by atoms with van der Waals surface area (Å²) >= 11 is 0. The molecule has 0 saturated carbocycles. The van der Waals surface area contributed by atoms with Crippen LogP contribution < -0.4 is 0 Å². The minimum atomic E-state index is -0.557. The first-order valence-electron chi connectivity index (χ1n) is 5.17. The third-order valence-electron chi connectivity index (χ3n) is 2.26. The van der Waals surface area contributed by atoms with Crippen LogP contribution in [0.2, 0.25) is 0 Å². The monoisotopic (exact) mass is 221 g/mol. The standard InChI is InChI=1S/C10H15N5O/c1-3-4-8(5-11)10(16)15(2)6-9-12-7-13-14-9/h7-8H,3-4,6H2,1-2H3,(H,12,13,14). The molecule has 0 fully saturated rings. The largest absolute Gasteiger partial charge is 0.337 e. The summed E-state index contributed by atoms with van der Waals surface area (Å²) in [7, 11) is 1.66. The zero-order chi connectivity index (χ0) is 12.0. The molecule has 6 heteroatoms. The van der Waals surface area contributed by atoms with E-state index in [0.717, 1.165) is 6.42 Å². The Kier molecular flexibility index (Phi) is 4.45. The first-order valence-corrected chi connectivity index (χ1v) is 5.17. The third kappa shape index (κ3) is 3.05. The molecule has 1 atom stereocenters. The van der Waals surface area contributed by atoms with E-state index in [-0.39, 0.29) is 5.91 Å². The van der Waals surface area contributed by atoms with Gasteiger partial charge in [-0.3, -0.25) is 9.89 Å². The van der Waals surface area contributed by atoms with E-state index < -0.39 is 5.92 Å². The highest BCUT2D eigenvalue weighted by molar-refractivity contribution is 5.80. The van der Waals surface area contributed by atoms with Gasteiger partial charge in [-0.05, 0) is 6.42 Å². The fourth-order valence-corrected chi connectivity index (χ4v) is 1.41. The van der Waals surface area contributed by atoms with Crippen LogP contribution in [-0.2, 0) is 11.3 Å². The average molecular weight is 221 g/mol. The molecule has 0 saturated heterocycles. The van der Waals surface area contributed by atoms with Gasteiger partial charge in [-0.1, -0.05) is 13.3 Å². The van der Waals surface area contributed by atoms with E-state index in [9.17, 15) is 4.79 Å². The normalized spacial score (nSPS) is 11.8. The van der Waals surface area contributed by atoms with Crippen molar-refractivity contribution in [3.8, 4) is 6.07 Å². The molecule has 1 rings (SSSR count). The molecule has 0 aliphatic carbocycles. The van der Waals surface area contributed by atoms with Crippen molar-refractivity contribution in [1.82, 2.24) is 20.1 Å². The van der Waals surface area contributed by atoms with E-state index in [0.29, 0.717) is 18.8 Å². The minimum absolute atomic E-state index is 0.166. The number of nitriles is 1. The summed E-state index contributed by atoms with van der Waals surface area (Å²) in [5, 5.41) is 15.2. The van der Waals surface area contributed by atoms with Gasteiger partial charge in [0, 0.05) is 7.05 Å². The summed E-state index contributed by atoms with van der Waals surface area (Å²) in [6.07, 6.45) is 2.80. The first kappa shape index (κ1) is 12.2. The van der Waals surface area contributed by atoms with Gasteiger partial charge in [-0.25, -0.2) is 4.98 Å². The Morgan fingerprint density at radius 3 is 3.00 bits per heavy atom. The number of carbonyl (C=O) groups is 1. The Hall–Kier alpha value is -1.90. The van der Waals surface area contributed by atoms with Crippen LogP contribution in [0.4, 0.5) is 0 Å². The second kappa shape index (κ2) is 5.85. The van der Waals surface area contributed by atoms with Crippen LogP contribution in [0, 0.1) is 17.2 Å². The van der Waals surface area contributed by atoms with Crippen molar-refractivity contribution in [3.63, 3.8) is 0 Å². The van der Waals surface area contributed by atoms with E-state index in [1.165, 1.54) is 11.2 Å². The molecule has 0 spiro atoms. The van der Waals surface area contributed by atoms with Crippen molar-refractivity contribution in [2.24, 2.45) is 5.92 Å². The number of nitrogens with one attached hydrogen (secondary N) is 1. The number of hydrogen-bond donors (Lipinski definition) is 1. The first-order chi connectivity index (χ1) is 7.69. The van der Waals surface area contributed by atoms with Crippen LogP contribution in [-0.4, -0.2) is 33.0 Å². The molecule has 1 heterocycles. The highest BCUT2D eigenvalue weighted by Crippen LogP contribution is 2.09. The zero-order valence-electron chi connectivity index (χ0n) is 9.47. The average Bonchev–Trinajstić information content (AvgIpc) is 2.77. The quantitative estimate of drug-likeness (QED) is 0.793. The molecular weight excluding hydrogens is 206 g/mol.